The van der Waals surface area contributed by atoms with Gasteiger partial charge in [0.1, 0.15) is 5.82 Å². The molecule has 1 saturated heterocycles. The van der Waals surface area contributed by atoms with Crippen molar-refractivity contribution < 1.29 is 4.74 Å². The average molecular weight is 338 g/mol. The molecule has 5 heterocycles. The van der Waals surface area contributed by atoms with Gasteiger partial charge < -0.3 is 19.9 Å². The number of nitrogen functional groups attached to an aromatic ring is 1. The lowest BCUT2D eigenvalue weighted by Crippen LogP contribution is -2.37. The molecule has 3 aromatic rings. The molecule has 0 aliphatic carbocycles. The molecule has 0 spiro atoms. The highest BCUT2D eigenvalue weighted by atomic mass is 16.5. The van der Waals surface area contributed by atoms with Crippen LogP contribution in [0.15, 0.2) is 12.4 Å². The van der Waals surface area contributed by atoms with Crippen LogP contribution >= 0.6 is 0 Å². The zero-order valence-electron chi connectivity index (χ0n) is 13.7. The normalized spacial score (nSPS) is 17.2. The molecule has 9 nitrogen and oxygen atoms in total. The van der Waals surface area contributed by atoms with Crippen LogP contribution in [-0.4, -0.2) is 55.8 Å². The van der Waals surface area contributed by atoms with Crippen molar-refractivity contribution in [3.05, 3.63) is 18.2 Å². The fourth-order valence-corrected chi connectivity index (χ4v) is 3.43. The van der Waals surface area contributed by atoms with Gasteiger partial charge in [0, 0.05) is 38.4 Å². The first-order valence-corrected chi connectivity index (χ1v) is 8.47. The zero-order chi connectivity index (χ0) is 16.8. The number of imidazole rings is 1. The van der Waals surface area contributed by atoms with E-state index in [1.165, 1.54) is 0 Å². The molecule has 25 heavy (non-hydrogen) atoms. The first-order chi connectivity index (χ1) is 12.3. The van der Waals surface area contributed by atoms with E-state index in [1.807, 2.05) is 0 Å². The molecule has 128 valence electrons. The van der Waals surface area contributed by atoms with Gasteiger partial charge in [0.15, 0.2) is 22.8 Å². The predicted molar refractivity (Wildman–Crippen MR) is 92.1 cm³/mol. The summed E-state index contributed by atoms with van der Waals surface area (Å²) in [4.78, 5) is 24.8. The van der Waals surface area contributed by atoms with Crippen LogP contribution in [0.2, 0.25) is 0 Å². The summed E-state index contributed by atoms with van der Waals surface area (Å²) in [5.41, 5.74) is 8.11. The summed E-state index contributed by atoms with van der Waals surface area (Å²) in [5, 5.41) is 0. The molecule has 2 aliphatic rings. The van der Waals surface area contributed by atoms with Gasteiger partial charge in [-0.25, -0.2) is 24.9 Å². The van der Waals surface area contributed by atoms with Crippen LogP contribution in [0.3, 0.4) is 0 Å². The molecule has 9 heteroatoms. The van der Waals surface area contributed by atoms with Crippen molar-refractivity contribution in [3.63, 3.8) is 0 Å². The van der Waals surface area contributed by atoms with E-state index in [1.54, 1.807) is 12.4 Å². The lowest BCUT2D eigenvalue weighted by Gasteiger charge is -2.28. The predicted octanol–water partition coefficient (Wildman–Crippen LogP) is 0.648. The van der Waals surface area contributed by atoms with E-state index < -0.39 is 0 Å². The van der Waals surface area contributed by atoms with E-state index in [0.717, 1.165) is 60.8 Å². The molecule has 0 bridgehead atoms. The Balaban J connectivity index is 1.71. The number of aromatic nitrogens is 6. The van der Waals surface area contributed by atoms with E-state index in [0.29, 0.717) is 19.0 Å². The second-order valence-electron chi connectivity index (χ2n) is 6.26. The van der Waals surface area contributed by atoms with Crippen LogP contribution in [0.25, 0.3) is 22.6 Å². The Bertz CT molecular complexity index is 929. The lowest BCUT2D eigenvalue weighted by atomic mass is 10.3. The summed E-state index contributed by atoms with van der Waals surface area (Å²) in [6.45, 7) is 3.93. The second kappa shape index (κ2) is 5.62. The van der Waals surface area contributed by atoms with Gasteiger partial charge in [-0.1, -0.05) is 0 Å². The molecule has 0 radical (unpaired) electrons. The van der Waals surface area contributed by atoms with Crippen molar-refractivity contribution in [1.29, 1.82) is 0 Å². The Morgan fingerprint density at radius 2 is 1.80 bits per heavy atom. The maximum atomic E-state index is 5.60. The first-order valence-electron chi connectivity index (χ1n) is 8.47. The molecular weight excluding hydrogens is 320 g/mol. The molecule has 0 saturated carbocycles. The molecule has 0 aromatic carbocycles. The monoisotopic (exact) mass is 338 g/mol. The molecule has 0 atom stereocenters. The number of hydrogen-bond acceptors (Lipinski definition) is 8. The van der Waals surface area contributed by atoms with Crippen molar-refractivity contribution in [2.75, 3.05) is 36.9 Å². The van der Waals surface area contributed by atoms with Gasteiger partial charge >= 0.3 is 0 Å². The largest absolute Gasteiger partial charge is 0.378 e. The molecule has 2 N–H and O–H groups in total. The molecular formula is C16H18N8O. The van der Waals surface area contributed by atoms with Crippen LogP contribution in [-0.2, 0) is 17.7 Å². The third-order valence-corrected chi connectivity index (χ3v) is 4.68. The first kappa shape index (κ1) is 14.5. The number of morpholine rings is 1. The standard InChI is InChI=1S/C16H18N8O/c17-16-18-8-10(9-19-16)13-21-14(23-4-6-25-7-5-23)12-15(22-13)24-3-1-2-11(24)20-12/h8-9H,1-7H2,(H2,17,18,19). The quantitative estimate of drug-likeness (QED) is 0.725. The van der Waals surface area contributed by atoms with Gasteiger partial charge in [-0.05, 0) is 6.42 Å². The summed E-state index contributed by atoms with van der Waals surface area (Å²) in [5.74, 6) is 2.79. The number of rotatable bonds is 2. The Morgan fingerprint density at radius 1 is 1.00 bits per heavy atom. The fraction of sp³-hybridized carbons (Fsp3) is 0.438. The maximum Gasteiger partial charge on any atom is 0.219 e. The Morgan fingerprint density at radius 3 is 2.60 bits per heavy atom. The molecule has 1 fully saturated rings. The van der Waals surface area contributed by atoms with E-state index >= 15 is 0 Å². The number of anilines is 2. The van der Waals surface area contributed by atoms with Crippen molar-refractivity contribution in [1.82, 2.24) is 29.5 Å². The van der Waals surface area contributed by atoms with Gasteiger partial charge in [-0.2, -0.15) is 0 Å². The summed E-state index contributed by atoms with van der Waals surface area (Å²) >= 11 is 0. The molecule has 2 aliphatic heterocycles. The second-order valence-corrected chi connectivity index (χ2v) is 6.26. The van der Waals surface area contributed by atoms with E-state index in [9.17, 15) is 0 Å². The van der Waals surface area contributed by atoms with E-state index in [2.05, 4.69) is 19.4 Å². The van der Waals surface area contributed by atoms with Crippen molar-refractivity contribution in [2.24, 2.45) is 0 Å². The van der Waals surface area contributed by atoms with Crippen LogP contribution in [0, 0.1) is 0 Å². The van der Waals surface area contributed by atoms with Gasteiger partial charge in [0.05, 0.1) is 18.8 Å². The van der Waals surface area contributed by atoms with Crippen molar-refractivity contribution in [2.45, 2.75) is 19.4 Å². The van der Waals surface area contributed by atoms with Gasteiger partial charge in [-0.3, -0.25) is 0 Å². The SMILES string of the molecule is Nc1ncc(-c2nc(N3CCOCC3)c3nc4n(c3n2)CCC4)cn1. The van der Waals surface area contributed by atoms with Crippen LogP contribution in [0.5, 0.6) is 0 Å². The minimum absolute atomic E-state index is 0.239. The molecule has 0 amide bonds. The van der Waals surface area contributed by atoms with Gasteiger partial charge in [0.2, 0.25) is 5.95 Å². The Hall–Kier alpha value is -2.81. The summed E-state index contributed by atoms with van der Waals surface area (Å²) in [7, 11) is 0. The smallest absolute Gasteiger partial charge is 0.219 e. The Labute approximate surface area is 143 Å². The van der Waals surface area contributed by atoms with E-state index in [4.69, 9.17) is 25.4 Å². The number of ether oxygens (including phenoxy) is 1. The third kappa shape index (κ3) is 2.39. The molecule has 0 unspecified atom stereocenters. The lowest BCUT2D eigenvalue weighted by molar-refractivity contribution is 0.122. The maximum absolute atomic E-state index is 5.60. The number of aryl methyl sites for hydroxylation is 2. The fourth-order valence-electron chi connectivity index (χ4n) is 3.43. The zero-order valence-corrected chi connectivity index (χ0v) is 13.7. The highest BCUT2D eigenvalue weighted by molar-refractivity contribution is 5.86. The minimum Gasteiger partial charge on any atom is -0.378 e. The summed E-state index contributed by atoms with van der Waals surface area (Å²) in [6.07, 6.45) is 5.41. The Kier molecular flexibility index (Phi) is 3.27. The number of nitrogens with two attached hydrogens (primary N) is 1. The summed E-state index contributed by atoms with van der Waals surface area (Å²) in [6, 6.07) is 0. The summed E-state index contributed by atoms with van der Waals surface area (Å²) < 4.78 is 7.68. The van der Waals surface area contributed by atoms with Crippen LogP contribution in [0.4, 0.5) is 11.8 Å². The van der Waals surface area contributed by atoms with Crippen molar-refractivity contribution >= 4 is 22.9 Å². The van der Waals surface area contributed by atoms with Gasteiger partial charge in [0.25, 0.3) is 0 Å². The topological polar surface area (TPSA) is 108 Å². The molecule has 5 rings (SSSR count). The van der Waals surface area contributed by atoms with Crippen LogP contribution < -0.4 is 10.6 Å². The number of nitrogens with zero attached hydrogens (tertiary/aromatic N) is 7. The van der Waals surface area contributed by atoms with E-state index in [-0.39, 0.29) is 5.95 Å². The van der Waals surface area contributed by atoms with Gasteiger partial charge in [-0.15, -0.1) is 0 Å². The number of hydrogen-bond donors (Lipinski definition) is 1. The third-order valence-electron chi connectivity index (χ3n) is 4.68. The number of fused-ring (bicyclic) bond motifs is 3. The highest BCUT2D eigenvalue weighted by Crippen LogP contribution is 2.30. The van der Waals surface area contributed by atoms with Crippen molar-refractivity contribution in [3.8, 4) is 11.4 Å². The average Bonchev–Trinajstić information content (AvgIpc) is 3.24. The van der Waals surface area contributed by atoms with Crippen LogP contribution in [0.1, 0.15) is 12.2 Å². The molecule has 3 aromatic heterocycles. The highest BCUT2D eigenvalue weighted by Gasteiger charge is 2.25. The minimum atomic E-state index is 0.239.